The van der Waals surface area contributed by atoms with Crippen molar-refractivity contribution in [1.82, 2.24) is 9.80 Å². The standard InChI is InChI=1S/C17H24N2O/c1-3-16(14-15-8-6-5-7-9-15)17(20)19-12-10-18(4-2)11-13-19/h5-9,14H,3-4,10-13H2,1-2H3/b16-14+. The Labute approximate surface area is 121 Å². The second kappa shape index (κ2) is 7.25. The number of carbonyl (C=O) groups is 1. The predicted octanol–water partition coefficient (Wildman–Crippen LogP) is 2.64. The molecule has 1 saturated heterocycles. The number of hydrogen-bond donors (Lipinski definition) is 0. The van der Waals surface area contributed by atoms with Crippen LogP contribution in [0.3, 0.4) is 0 Å². The topological polar surface area (TPSA) is 23.6 Å². The molecule has 3 nitrogen and oxygen atoms in total. The third-order valence-electron chi connectivity index (χ3n) is 3.90. The lowest BCUT2D eigenvalue weighted by atomic mass is 10.1. The van der Waals surface area contributed by atoms with E-state index in [1.807, 2.05) is 41.3 Å². The van der Waals surface area contributed by atoms with Crippen molar-refractivity contribution in [2.75, 3.05) is 32.7 Å². The van der Waals surface area contributed by atoms with Crippen molar-refractivity contribution in [3.05, 3.63) is 41.5 Å². The first-order valence-electron chi connectivity index (χ1n) is 7.51. The first-order valence-corrected chi connectivity index (χ1v) is 7.51. The molecule has 0 N–H and O–H groups in total. The highest BCUT2D eigenvalue weighted by Crippen LogP contribution is 2.14. The van der Waals surface area contributed by atoms with E-state index in [4.69, 9.17) is 0 Å². The van der Waals surface area contributed by atoms with Gasteiger partial charge >= 0.3 is 0 Å². The summed E-state index contributed by atoms with van der Waals surface area (Å²) in [5.74, 6) is 0.201. The number of carbonyl (C=O) groups excluding carboxylic acids is 1. The summed E-state index contributed by atoms with van der Waals surface area (Å²) in [4.78, 5) is 16.9. The molecule has 0 radical (unpaired) electrons. The number of nitrogens with zero attached hydrogens (tertiary/aromatic N) is 2. The highest BCUT2D eigenvalue weighted by atomic mass is 16.2. The van der Waals surface area contributed by atoms with E-state index in [2.05, 4.69) is 18.7 Å². The minimum atomic E-state index is 0.201. The minimum Gasteiger partial charge on any atom is -0.336 e. The van der Waals surface area contributed by atoms with Gasteiger partial charge in [0.25, 0.3) is 0 Å². The third-order valence-corrected chi connectivity index (χ3v) is 3.90. The van der Waals surface area contributed by atoms with E-state index in [1.165, 1.54) is 0 Å². The molecule has 0 saturated carbocycles. The van der Waals surface area contributed by atoms with Gasteiger partial charge in [0.2, 0.25) is 5.91 Å². The van der Waals surface area contributed by atoms with Crippen LogP contribution in [0, 0.1) is 0 Å². The molecule has 0 aromatic heterocycles. The predicted molar refractivity (Wildman–Crippen MR) is 83.4 cm³/mol. The molecular formula is C17H24N2O. The molecule has 3 heteroatoms. The van der Waals surface area contributed by atoms with Gasteiger partial charge in [0, 0.05) is 31.8 Å². The van der Waals surface area contributed by atoms with Crippen LogP contribution in [-0.2, 0) is 4.79 Å². The zero-order valence-electron chi connectivity index (χ0n) is 12.5. The zero-order valence-corrected chi connectivity index (χ0v) is 12.5. The van der Waals surface area contributed by atoms with Crippen molar-refractivity contribution in [2.45, 2.75) is 20.3 Å². The van der Waals surface area contributed by atoms with Gasteiger partial charge in [0.15, 0.2) is 0 Å². The maximum atomic E-state index is 12.6. The highest BCUT2D eigenvalue weighted by molar-refractivity contribution is 5.97. The second-order valence-electron chi connectivity index (χ2n) is 5.16. The Bertz CT molecular complexity index is 459. The molecule has 2 rings (SSSR count). The Kier molecular flexibility index (Phi) is 5.36. The lowest BCUT2D eigenvalue weighted by molar-refractivity contribution is -0.128. The Morgan fingerprint density at radius 2 is 1.75 bits per heavy atom. The molecule has 1 heterocycles. The molecule has 108 valence electrons. The van der Waals surface area contributed by atoms with E-state index < -0.39 is 0 Å². The fourth-order valence-corrected chi connectivity index (χ4v) is 2.54. The largest absolute Gasteiger partial charge is 0.336 e. The van der Waals surface area contributed by atoms with Crippen molar-refractivity contribution in [3.63, 3.8) is 0 Å². The van der Waals surface area contributed by atoms with Crippen LogP contribution in [-0.4, -0.2) is 48.4 Å². The molecule has 0 unspecified atom stereocenters. The van der Waals surface area contributed by atoms with Crippen molar-refractivity contribution < 1.29 is 4.79 Å². The maximum absolute atomic E-state index is 12.6. The Morgan fingerprint density at radius 1 is 1.10 bits per heavy atom. The number of likely N-dealkylation sites (N-methyl/N-ethyl adjacent to an activating group) is 1. The van der Waals surface area contributed by atoms with Crippen molar-refractivity contribution in [1.29, 1.82) is 0 Å². The number of hydrogen-bond acceptors (Lipinski definition) is 2. The molecule has 1 amide bonds. The Balaban J connectivity index is 2.05. The van der Waals surface area contributed by atoms with Gasteiger partial charge in [-0.1, -0.05) is 44.2 Å². The van der Waals surface area contributed by atoms with Gasteiger partial charge in [-0.2, -0.15) is 0 Å². The number of benzene rings is 1. The molecule has 1 aliphatic heterocycles. The average Bonchev–Trinajstić information content (AvgIpc) is 2.53. The van der Waals surface area contributed by atoms with Crippen LogP contribution in [0.4, 0.5) is 0 Å². The van der Waals surface area contributed by atoms with Crippen LogP contribution < -0.4 is 0 Å². The zero-order chi connectivity index (χ0) is 14.4. The molecule has 20 heavy (non-hydrogen) atoms. The molecule has 1 aromatic rings. The first kappa shape index (κ1) is 14.8. The van der Waals surface area contributed by atoms with E-state index in [1.54, 1.807) is 0 Å². The van der Waals surface area contributed by atoms with Crippen LogP contribution >= 0.6 is 0 Å². The van der Waals surface area contributed by atoms with Gasteiger partial charge in [-0.05, 0) is 24.6 Å². The van der Waals surface area contributed by atoms with Gasteiger partial charge in [-0.15, -0.1) is 0 Å². The normalized spacial score (nSPS) is 17.3. The molecule has 0 spiro atoms. The fraction of sp³-hybridized carbons (Fsp3) is 0.471. The van der Waals surface area contributed by atoms with E-state index in [0.717, 1.165) is 50.3 Å². The monoisotopic (exact) mass is 272 g/mol. The summed E-state index contributed by atoms with van der Waals surface area (Å²) < 4.78 is 0. The number of piperazine rings is 1. The summed E-state index contributed by atoms with van der Waals surface area (Å²) in [5.41, 5.74) is 2.01. The van der Waals surface area contributed by atoms with E-state index in [0.29, 0.717) is 0 Å². The van der Waals surface area contributed by atoms with Crippen LogP contribution in [0.1, 0.15) is 25.8 Å². The second-order valence-corrected chi connectivity index (χ2v) is 5.16. The smallest absolute Gasteiger partial charge is 0.249 e. The van der Waals surface area contributed by atoms with Gasteiger partial charge < -0.3 is 9.80 Å². The van der Waals surface area contributed by atoms with Gasteiger partial charge in [-0.25, -0.2) is 0 Å². The van der Waals surface area contributed by atoms with Crippen molar-refractivity contribution in [2.24, 2.45) is 0 Å². The summed E-state index contributed by atoms with van der Waals surface area (Å²) in [6, 6.07) is 10.1. The molecule has 0 aliphatic carbocycles. The molecule has 0 bridgehead atoms. The maximum Gasteiger partial charge on any atom is 0.249 e. The third kappa shape index (κ3) is 3.70. The molecule has 0 atom stereocenters. The van der Waals surface area contributed by atoms with Crippen LogP contribution in [0.2, 0.25) is 0 Å². The number of amides is 1. The summed E-state index contributed by atoms with van der Waals surface area (Å²) in [6.45, 7) is 8.97. The summed E-state index contributed by atoms with van der Waals surface area (Å²) in [6.07, 6.45) is 2.80. The van der Waals surface area contributed by atoms with Crippen LogP contribution in [0.5, 0.6) is 0 Å². The van der Waals surface area contributed by atoms with Gasteiger partial charge in [0.05, 0.1) is 0 Å². The van der Waals surface area contributed by atoms with Crippen LogP contribution in [0.25, 0.3) is 6.08 Å². The number of rotatable bonds is 4. The van der Waals surface area contributed by atoms with E-state index in [9.17, 15) is 4.79 Å². The quantitative estimate of drug-likeness (QED) is 0.787. The Hall–Kier alpha value is -1.61. The first-order chi connectivity index (χ1) is 9.74. The summed E-state index contributed by atoms with van der Waals surface area (Å²) >= 11 is 0. The highest BCUT2D eigenvalue weighted by Gasteiger charge is 2.21. The van der Waals surface area contributed by atoms with Gasteiger partial charge in [-0.3, -0.25) is 4.79 Å². The SMILES string of the molecule is CC/C(=C\c1ccccc1)C(=O)N1CCN(CC)CC1. The molecule has 1 aliphatic rings. The average molecular weight is 272 g/mol. The summed E-state index contributed by atoms with van der Waals surface area (Å²) in [5, 5.41) is 0. The molecule has 1 fully saturated rings. The molecule has 1 aromatic carbocycles. The van der Waals surface area contributed by atoms with Crippen LogP contribution in [0.15, 0.2) is 35.9 Å². The molecular weight excluding hydrogens is 248 g/mol. The van der Waals surface area contributed by atoms with Crippen molar-refractivity contribution in [3.8, 4) is 0 Å². The van der Waals surface area contributed by atoms with E-state index >= 15 is 0 Å². The van der Waals surface area contributed by atoms with E-state index in [-0.39, 0.29) is 5.91 Å². The summed E-state index contributed by atoms with van der Waals surface area (Å²) in [7, 11) is 0. The fourth-order valence-electron chi connectivity index (χ4n) is 2.54. The van der Waals surface area contributed by atoms with Crippen molar-refractivity contribution >= 4 is 12.0 Å². The van der Waals surface area contributed by atoms with Gasteiger partial charge in [0.1, 0.15) is 0 Å². The Morgan fingerprint density at radius 3 is 2.30 bits per heavy atom. The minimum absolute atomic E-state index is 0.201. The lowest BCUT2D eigenvalue weighted by Crippen LogP contribution is -2.48. The lowest BCUT2D eigenvalue weighted by Gasteiger charge is -2.34.